The van der Waals surface area contributed by atoms with Crippen LogP contribution in [0, 0.1) is 13.8 Å². The van der Waals surface area contributed by atoms with Crippen LogP contribution in [-0.2, 0) is 12.0 Å². The minimum atomic E-state index is 0.136. The number of aromatic nitrogens is 2. The predicted octanol–water partition coefficient (Wildman–Crippen LogP) is 7.91. The first kappa shape index (κ1) is 21.7. The molecule has 2 heterocycles. The molecular formula is C31H35N2+. The summed E-state index contributed by atoms with van der Waals surface area (Å²) in [7, 11) is 0. The van der Waals surface area contributed by atoms with Crippen molar-refractivity contribution in [2.24, 2.45) is 0 Å². The molecule has 0 atom stereocenters. The average molecular weight is 436 g/mol. The third-order valence-electron chi connectivity index (χ3n) is 8.01. The highest BCUT2D eigenvalue weighted by Gasteiger charge is 2.31. The van der Waals surface area contributed by atoms with Crippen molar-refractivity contribution in [2.75, 3.05) is 0 Å². The van der Waals surface area contributed by atoms with Crippen molar-refractivity contribution in [1.82, 2.24) is 4.40 Å². The Bertz CT molecular complexity index is 1480. The second kappa shape index (κ2) is 8.02. The highest BCUT2D eigenvalue weighted by Crippen LogP contribution is 2.41. The van der Waals surface area contributed by atoms with Crippen LogP contribution in [0.4, 0.5) is 0 Å². The normalized spacial score (nSPS) is 12.3. The summed E-state index contributed by atoms with van der Waals surface area (Å²) in [6.07, 6.45) is 4.62. The maximum absolute atomic E-state index is 2.53. The summed E-state index contributed by atoms with van der Waals surface area (Å²) in [5.41, 5.74) is 9.46. The van der Waals surface area contributed by atoms with Crippen molar-refractivity contribution in [3.05, 3.63) is 83.6 Å². The van der Waals surface area contributed by atoms with Crippen LogP contribution >= 0.6 is 0 Å². The molecule has 168 valence electrons. The van der Waals surface area contributed by atoms with Crippen LogP contribution in [0.2, 0.25) is 0 Å². The molecule has 3 aromatic carbocycles. The van der Waals surface area contributed by atoms with E-state index in [9.17, 15) is 0 Å². The SMILES string of the molecule is CC[n+]1cc(-c2c(C)cccc2C)n2c3ccccc3c3cccc(C(C)(CC)CC)c3c21. The average Bonchev–Trinajstić information content (AvgIpc) is 3.22. The van der Waals surface area contributed by atoms with E-state index in [2.05, 4.69) is 117 Å². The Morgan fingerprint density at radius 3 is 2.09 bits per heavy atom. The molecule has 5 aromatic rings. The molecule has 0 amide bonds. The van der Waals surface area contributed by atoms with Crippen molar-refractivity contribution in [3.8, 4) is 11.3 Å². The number of pyridine rings is 1. The van der Waals surface area contributed by atoms with Crippen LogP contribution in [0.5, 0.6) is 0 Å². The summed E-state index contributed by atoms with van der Waals surface area (Å²) in [5.74, 6) is 0. The molecule has 0 aliphatic carbocycles. The number of imidazole rings is 1. The topological polar surface area (TPSA) is 8.29 Å². The van der Waals surface area contributed by atoms with Gasteiger partial charge in [0, 0.05) is 16.3 Å². The van der Waals surface area contributed by atoms with Crippen molar-refractivity contribution >= 4 is 27.3 Å². The summed E-state index contributed by atoms with van der Waals surface area (Å²) in [4.78, 5) is 0. The highest BCUT2D eigenvalue weighted by atomic mass is 15.1. The maximum Gasteiger partial charge on any atom is 0.295 e. The first-order valence-electron chi connectivity index (χ1n) is 12.4. The molecule has 0 N–H and O–H groups in total. The molecular weight excluding hydrogens is 400 g/mol. The number of hydrogen-bond donors (Lipinski definition) is 0. The fourth-order valence-corrected chi connectivity index (χ4v) is 5.69. The van der Waals surface area contributed by atoms with Crippen LogP contribution in [0.3, 0.4) is 0 Å². The second-order valence-corrected chi connectivity index (χ2v) is 9.74. The van der Waals surface area contributed by atoms with Gasteiger partial charge in [0.1, 0.15) is 11.7 Å². The van der Waals surface area contributed by atoms with Crippen LogP contribution < -0.4 is 4.57 Å². The molecule has 0 saturated heterocycles. The Hall–Kier alpha value is -3.13. The number of rotatable bonds is 5. The van der Waals surface area contributed by atoms with Gasteiger partial charge in [-0.05, 0) is 61.8 Å². The van der Waals surface area contributed by atoms with Gasteiger partial charge in [-0.25, -0.2) is 4.57 Å². The van der Waals surface area contributed by atoms with Gasteiger partial charge in [0.15, 0.2) is 5.69 Å². The smallest absolute Gasteiger partial charge is 0.229 e. The zero-order valence-corrected chi connectivity index (χ0v) is 20.9. The molecule has 0 fully saturated rings. The fourth-order valence-electron chi connectivity index (χ4n) is 5.69. The Kier molecular flexibility index (Phi) is 5.28. The first-order valence-corrected chi connectivity index (χ1v) is 12.4. The lowest BCUT2D eigenvalue weighted by Crippen LogP contribution is -2.31. The lowest BCUT2D eigenvalue weighted by Gasteiger charge is -2.28. The Labute approximate surface area is 197 Å². The Morgan fingerprint density at radius 1 is 0.788 bits per heavy atom. The number of para-hydroxylation sites is 1. The molecule has 33 heavy (non-hydrogen) atoms. The number of nitrogens with zero attached hydrogens (tertiary/aromatic N) is 2. The van der Waals surface area contributed by atoms with E-state index in [1.54, 1.807) is 0 Å². The lowest BCUT2D eigenvalue weighted by atomic mass is 9.76. The Morgan fingerprint density at radius 2 is 1.42 bits per heavy atom. The zero-order chi connectivity index (χ0) is 23.3. The van der Waals surface area contributed by atoms with E-state index in [-0.39, 0.29) is 5.41 Å². The summed E-state index contributed by atoms with van der Waals surface area (Å²) in [6.45, 7) is 14.8. The number of aryl methyl sites for hydroxylation is 3. The van der Waals surface area contributed by atoms with Gasteiger partial charge >= 0.3 is 0 Å². The van der Waals surface area contributed by atoms with Gasteiger partial charge in [-0.15, -0.1) is 0 Å². The van der Waals surface area contributed by atoms with Crippen LogP contribution in [0.1, 0.15) is 57.2 Å². The lowest BCUT2D eigenvalue weighted by molar-refractivity contribution is -0.666. The Balaban J connectivity index is 2.10. The van der Waals surface area contributed by atoms with E-state index in [4.69, 9.17) is 0 Å². The summed E-state index contributed by atoms with van der Waals surface area (Å²) >= 11 is 0. The van der Waals surface area contributed by atoms with E-state index >= 15 is 0 Å². The molecule has 0 bridgehead atoms. The summed E-state index contributed by atoms with van der Waals surface area (Å²) < 4.78 is 5.00. The standard InChI is InChI=1S/C31H35N2/c1-7-31(6,8-2)25-18-13-17-24-23-16-10-11-19-26(23)33-27(20-32(9-3)30(33)29(24)25)28-21(4)14-12-15-22(28)5/h10-20H,7-9H2,1-6H3/q+1. The molecule has 0 saturated carbocycles. The van der Waals surface area contributed by atoms with Gasteiger partial charge in [-0.1, -0.05) is 75.4 Å². The molecule has 0 unspecified atom stereocenters. The van der Waals surface area contributed by atoms with E-state index in [0.717, 1.165) is 19.4 Å². The number of hydrogen-bond acceptors (Lipinski definition) is 0. The molecule has 5 rings (SSSR count). The van der Waals surface area contributed by atoms with E-state index in [1.165, 1.54) is 55.3 Å². The van der Waals surface area contributed by atoms with E-state index in [1.807, 2.05) is 0 Å². The number of benzene rings is 3. The largest absolute Gasteiger partial charge is 0.295 e. The minimum Gasteiger partial charge on any atom is -0.229 e. The number of fused-ring (bicyclic) bond motifs is 6. The zero-order valence-electron chi connectivity index (χ0n) is 20.9. The highest BCUT2D eigenvalue weighted by molar-refractivity contribution is 6.13. The van der Waals surface area contributed by atoms with Gasteiger partial charge < -0.3 is 0 Å². The van der Waals surface area contributed by atoms with Gasteiger partial charge in [-0.3, -0.25) is 0 Å². The monoisotopic (exact) mass is 435 g/mol. The van der Waals surface area contributed by atoms with Crippen molar-refractivity contribution in [3.63, 3.8) is 0 Å². The molecule has 0 spiro atoms. The molecule has 2 nitrogen and oxygen atoms in total. The van der Waals surface area contributed by atoms with Gasteiger partial charge in [-0.2, -0.15) is 4.40 Å². The maximum atomic E-state index is 2.53. The molecule has 0 aliphatic heterocycles. The minimum absolute atomic E-state index is 0.136. The van der Waals surface area contributed by atoms with Crippen molar-refractivity contribution < 1.29 is 4.57 Å². The van der Waals surface area contributed by atoms with E-state index < -0.39 is 0 Å². The van der Waals surface area contributed by atoms with Gasteiger partial charge in [0.25, 0.3) is 5.65 Å². The fraction of sp³-hybridized carbons (Fsp3) is 0.323. The van der Waals surface area contributed by atoms with Crippen molar-refractivity contribution in [2.45, 2.75) is 66.3 Å². The summed E-state index contributed by atoms with van der Waals surface area (Å²) in [6, 6.07) is 22.5. The van der Waals surface area contributed by atoms with Crippen LogP contribution in [-0.4, -0.2) is 4.40 Å². The van der Waals surface area contributed by atoms with Crippen molar-refractivity contribution in [1.29, 1.82) is 0 Å². The molecule has 0 radical (unpaired) electrons. The van der Waals surface area contributed by atoms with E-state index in [0.29, 0.717) is 0 Å². The van der Waals surface area contributed by atoms with Gasteiger partial charge in [0.2, 0.25) is 0 Å². The third-order valence-corrected chi connectivity index (χ3v) is 8.01. The molecule has 2 heteroatoms. The van der Waals surface area contributed by atoms with Crippen LogP contribution in [0.15, 0.2) is 66.9 Å². The van der Waals surface area contributed by atoms with Gasteiger partial charge in [0.05, 0.1) is 11.9 Å². The molecule has 2 aromatic heterocycles. The summed E-state index contributed by atoms with van der Waals surface area (Å²) in [5, 5.41) is 4.08. The van der Waals surface area contributed by atoms with Crippen LogP contribution in [0.25, 0.3) is 38.6 Å². The quantitative estimate of drug-likeness (QED) is 0.196. The predicted molar refractivity (Wildman–Crippen MR) is 141 cm³/mol. The first-order chi connectivity index (χ1) is 15.9. The second-order valence-electron chi connectivity index (χ2n) is 9.74. The third kappa shape index (κ3) is 3.11. The molecule has 0 aliphatic rings.